The van der Waals surface area contributed by atoms with Crippen LogP contribution in [0.25, 0.3) is 0 Å². The van der Waals surface area contributed by atoms with Crippen LogP contribution in [0, 0.1) is 5.92 Å². The molecular formula is C20H23N3O3S. The number of hydrogen-bond acceptors (Lipinski definition) is 4. The van der Waals surface area contributed by atoms with Gasteiger partial charge in [-0.3, -0.25) is 4.79 Å². The summed E-state index contributed by atoms with van der Waals surface area (Å²) in [6.45, 7) is 2.61. The molecule has 27 heavy (non-hydrogen) atoms. The molecule has 2 aromatic carbocycles. The van der Waals surface area contributed by atoms with Crippen molar-refractivity contribution in [3.05, 3.63) is 64.7 Å². The van der Waals surface area contributed by atoms with Crippen LogP contribution in [0.3, 0.4) is 0 Å². The molecule has 1 heterocycles. The van der Waals surface area contributed by atoms with E-state index in [9.17, 15) is 13.2 Å². The molecule has 2 aliphatic rings. The second-order valence-electron chi connectivity index (χ2n) is 7.21. The smallest absolute Gasteiger partial charge is 0.251 e. The maximum Gasteiger partial charge on any atom is 0.251 e. The molecule has 0 spiro atoms. The van der Waals surface area contributed by atoms with Crippen LogP contribution < -0.4 is 15.4 Å². The summed E-state index contributed by atoms with van der Waals surface area (Å²) in [5, 5.41) is 6.17. The minimum atomic E-state index is -3.58. The van der Waals surface area contributed by atoms with Crippen molar-refractivity contribution in [3.63, 3.8) is 0 Å². The molecule has 0 saturated heterocycles. The van der Waals surface area contributed by atoms with Crippen molar-refractivity contribution in [2.75, 3.05) is 6.54 Å². The van der Waals surface area contributed by atoms with Crippen LogP contribution >= 0.6 is 0 Å². The normalized spacial score (nSPS) is 16.1. The molecule has 4 rings (SSSR count). The van der Waals surface area contributed by atoms with Gasteiger partial charge in [0.05, 0.1) is 4.90 Å². The predicted octanol–water partition coefficient (Wildman–Crippen LogP) is 1.91. The van der Waals surface area contributed by atoms with Crippen molar-refractivity contribution in [1.82, 2.24) is 15.4 Å². The molecule has 0 radical (unpaired) electrons. The second kappa shape index (κ2) is 7.42. The summed E-state index contributed by atoms with van der Waals surface area (Å²) in [5.74, 6) is 0.168. The Bertz CT molecular complexity index is 968. The number of rotatable bonds is 7. The van der Waals surface area contributed by atoms with E-state index in [4.69, 9.17) is 0 Å². The first-order valence-corrected chi connectivity index (χ1v) is 10.7. The number of fused-ring (bicyclic) bond motifs is 1. The Labute approximate surface area is 159 Å². The lowest BCUT2D eigenvalue weighted by atomic mass is 10.1. The van der Waals surface area contributed by atoms with Crippen molar-refractivity contribution >= 4 is 15.9 Å². The van der Waals surface area contributed by atoms with Crippen LogP contribution in [0.4, 0.5) is 0 Å². The zero-order valence-electron chi connectivity index (χ0n) is 15.0. The number of benzene rings is 2. The number of amides is 1. The van der Waals surface area contributed by atoms with E-state index in [1.807, 2.05) is 6.07 Å². The summed E-state index contributed by atoms with van der Waals surface area (Å²) in [4.78, 5) is 12.6. The van der Waals surface area contributed by atoms with Crippen molar-refractivity contribution < 1.29 is 13.2 Å². The molecule has 1 aliphatic heterocycles. The number of hydrogen-bond donors (Lipinski definition) is 3. The molecule has 0 unspecified atom stereocenters. The Morgan fingerprint density at radius 1 is 1.07 bits per heavy atom. The van der Waals surface area contributed by atoms with Crippen molar-refractivity contribution in [2.24, 2.45) is 5.92 Å². The standard InChI is InChI=1S/C20H23N3O3S/c24-20(22-10-15-6-7-17-12-21-13-18(17)8-15)16-2-1-3-19(9-16)27(25,26)23-11-14-4-5-14/h1-3,6-9,14,21,23H,4-5,10-13H2,(H,22,24). The summed E-state index contributed by atoms with van der Waals surface area (Å²) >= 11 is 0. The molecule has 1 fully saturated rings. The molecule has 1 aliphatic carbocycles. The summed E-state index contributed by atoms with van der Waals surface area (Å²) < 4.78 is 27.4. The zero-order chi connectivity index (χ0) is 18.9. The Morgan fingerprint density at radius 2 is 1.89 bits per heavy atom. The lowest BCUT2D eigenvalue weighted by molar-refractivity contribution is 0.0950. The van der Waals surface area contributed by atoms with Gasteiger partial charge >= 0.3 is 0 Å². The van der Waals surface area contributed by atoms with Crippen molar-refractivity contribution in [2.45, 2.75) is 37.4 Å². The van der Waals surface area contributed by atoms with E-state index in [0.29, 0.717) is 24.6 Å². The summed E-state index contributed by atoms with van der Waals surface area (Å²) in [5.41, 5.74) is 3.92. The highest BCUT2D eigenvalue weighted by molar-refractivity contribution is 7.89. The quantitative estimate of drug-likeness (QED) is 0.679. The van der Waals surface area contributed by atoms with Crippen molar-refractivity contribution in [1.29, 1.82) is 0 Å². The topological polar surface area (TPSA) is 87.3 Å². The summed E-state index contributed by atoms with van der Waals surface area (Å²) in [7, 11) is -3.58. The Morgan fingerprint density at radius 3 is 2.70 bits per heavy atom. The Kier molecular flexibility index (Phi) is 4.99. The molecule has 0 aromatic heterocycles. The first kappa shape index (κ1) is 18.2. The van der Waals surface area contributed by atoms with E-state index in [-0.39, 0.29) is 10.8 Å². The Balaban J connectivity index is 1.41. The summed E-state index contributed by atoms with van der Waals surface area (Å²) in [6, 6.07) is 12.4. The third-order valence-corrected chi connectivity index (χ3v) is 6.44. The van der Waals surface area contributed by atoms with Gasteiger partial charge in [-0.15, -0.1) is 0 Å². The number of carbonyl (C=O) groups excluding carboxylic acids is 1. The number of nitrogens with one attached hydrogen (secondary N) is 3. The lowest BCUT2D eigenvalue weighted by Gasteiger charge is -2.09. The highest BCUT2D eigenvalue weighted by atomic mass is 32.2. The van der Waals surface area contributed by atoms with Gasteiger partial charge in [-0.2, -0.15) is 0 Å². The van der Waals surface area contributed by atoms with Crippen LogP contribution in [-0.4, -0.2) is 20.9 Å². The van der Waals surface area contributed by atoms with Gasteiger partial charge in [-0.05, 0) is 53.6 Å². The molecule has 1 amide bonds. The molecule has 1 saturated carbocycles. The van der Waals surface area contributed by atoms with Gasteiger partial charge in [-0.25, -0.2) is 13.1 Å². The average Bonchev–Trinajstić information content (AvgIpc) is 3.40. The number of carbonyl (C=O) groups is 1. The average molecular weight is 385 g/mol. The first-order valence-electron chi connectivity index (χ1n) is 9.20. The highest BCUT2D eigenvalue weighted by Gasteiger charge is 2.24. The predicted molar refractivity (Wildman–Crippen MR) is 103 cm³/mol. The van der Waals surface area contributed by atoms with E-state index >= 15 is 0 Å². The van der Waals surface area contributed by atoms with Crippen LogP contribution in [0.1, 0.15) is 39.9 Å². The van der Waals surface area contributed by atoms with E-state index in [1.165, 1.54) is 23.3 Å². The molecular weight excluding hydrogens is 362 g/mol. The zero-order valence-corrected chi connectivity index (χ0v) is 15.8. The first-order chi connectivity index (χ1) is 13.0. The van der Waals surface area contributed by atoms with Gasteiger partial charge in [0.2, 0.25) is 10.0 Å². The van der Waals surface area contributed by atoms with Gasteiger partial charge in [0, 0.05) is 31.7 Å². The third kappa shape index (κ3) is 4.37. The fourth-order valence-electron chi connectivity index (χ4n) is 3.18. The second-order valence-corrected chi connectivity index (χ2v) is 8.98. The minimum absolute atomic E-state index is 0.124. The fourth-order valence-corrected chi connectivity index (χ4v) is 4.34. The van der Waals surface area contributed by atoms with E-state index in [2.05, 4.69) is 27.5 Å². The van der Waals surface area contributed by atoms with E-state index in [0.717, 1.165) is 31.5 Å². The molecule has 6 nitrogen and oxygen atoms in total. The maximum atomic E-state index is 12.5. The van der Waals surface area contributed by atoms with Gasteiger partial charge in [0.15, 0.2) is 0 Å². The van der Waals surface area contributed by atoms with Crippen molar-refractivity contribution in [3.8, 4) is 0 Å². The van der Waals surface area contributed by atoms with E-state index < -0.39 is 10.0 Å². The molecule has 2 aromatic rings. The highest BCUT2D eigenvalue weighted by Crippen LogP contribution is 2.28. The Hall–Kier alpha value is -2.22. The fraction of sp³-hybridized carbons (Fsp3) is 0.350. The van der Waals surface area contributed by atoms with Crippen LogP contribution in [-0.2, 0) is 29.7 Å². The molecule has 142 valence electrons. The third-order valence-electron chi connectivity index (χ3n) is 5.02. The largest absolute Gasteiger partial charge is 0.348 e. The molecule has 0 atom stereocenters. The van der Waals surface area contributed by atoms with Crippen LogP contribution in [0.5, 0.6) is 0 Å². The lowest BCUT2D eigenvalue weighted by Crippen LogP contribution is -2.27. The molecule has 7 heteroatoms. The molecule has 0 bridgehead atoms. The van der Waals surface area contributed by atoms with E-state index in [1.54, 1.807) is 12.1 Å². The van der Waals surface area contributed by atoms with Gasteiger partial charge in [-0.1, -0.05) is 24.3 Å². The summed E-state index contributed by atoms with van der Waals surface area (Å²) in [6.07, 6.45) is 2.15. The SMILES string of the molecule is O=C(NCc1ccc2c(c1)CNC2)c1cccc(S(=O)(=O)NCC2CC2)c1. The van der Waals surface area contributed by atoms with Gasteiger partial charge in [0.25, 0.3) is 5.91 Å². The van der Waals surface area contributed by atoms with Gasteiger partial charge in [0.1, 0.15) is 0 Å². The molecule has 3 N–H and O–H groups in total. The van der Waals surface area contributed by atoms with Crippen LogP contribution in [0.2, 0.25) is 0 Å². The number of sulfonamides is 1. The minimum Gasteiger partial charge on any atom is -0.348 e. The maximum absolute atomic E-state index is 12.5. The van der Waals surface area contributed by atoms with Gasteiger partial charge < -0.3 is 10.6 Å². The van der Waals surface area contributed by atoms with Crippen LogP contribution in [0.15, 0.2) is 47.4 Å². The monoisotopic (exact) mass is 385 g/mol.